The summed E-state index contributed by atoms with van der Waals surface area (Å²) >= 11 is 0. The van der Waals surface area contributed by atoms with Crippen LogP contribution < -0.4 is 5.32 Å². The molecule has 1 heterocycles. The fourth-order valence-corrected chi connectivity index (χ4v) is 2.32. The number of carboxylic acid groups (broad SMARTS) is 1. The van der Waals surface area contributed by atoms with E-state index in [2.05, 4.69) is 17.4 Å². The van der Waals surface area contributed by atoms with Crippen molar-refractivity contribution in [1.29, 1.82) is 0 Å². The maximum atomic E-state index is 11.3. The van der Waals surface area contributed by atoms with Gasteiger partial charge < -0.3 is 9.84 Å². The van der Waals surface area contributed by atoms with Crippen LogP contribution in [0.15, 0.2) is 24.3 Å². The summed E-state index contributed by atoms with van der Waals surface area (Å²) in [6.45, 7) is 4.80. The molecule has 2 atom stereocenters. The van der Waals surface area contributed by atoms with Crippen LogP contribution >= 0.6 is 0 Å². The number of nitrogens with one attached hydrogen (secondary N) is 1. The van der Waals surface area contributed by atoms with Gasteiger partial charge in [-0.15, -0.1) is 0 Å². The maximum absolute atomic E-state index is 11.3. The van der Waals surface area contributed by atoms with Gasteiger partial charge in [0.1, 0.15) is 5.54 Å². The quantitative estimate of drug-likeness (QED) is 0.854. The molecule has 0 aliphatic carbocycles. The van der Waals surface area contributed by atoms with Gasteiger partial charge in [-0.05, 0) is 30.9 Å². The summed E-state index contributed by atoms with van der Waals surface area (Å²) in [5.41, 5.74) is 1.58. The van der Waals surface area contributed by atoms with Crippen molar-refractivity contribution >= 4 is 5.97 Å². The molecule has 2 unspecified atom stereocenters. The molecule has 1 aliphatic heterocycles. The summed E-state index contributed by atoms with van der Waals surface area (Å²) in [5.74, 6) is -0.820. The van der Waals surface area contributed by atoms with Crippen LogP contribution in [0.25, 0.3) is 0 Å². The molecule has 2 rings (SSSR count). The molecular weight excluding hydrogens is 242 g/mol. The SMILES string of the molecule is CCC(C)(NCC1OCCc2ccccc21)C(=O)O. The monoisotopic (exact) mass is 263 g/mol. The fraction of sp³-hybridized carbons (Fsp3) is 0.533. The lowest BCUT2D eigenvalue weighted by Gasteiger charge is -2.31. The first-order valence-corrected chi connectivity index (χ1v) is 6.74. The van der Waals surface area contributed by atoms with E-state index in [1.54, 1.807) is 6.92 Å². The summed E-state index contributed by atoms with van der Waals surface area (Å²) < 4.78 is 5.77. The summed E-state index contributed by atoms with van der Waals surface area (Å²) in [5, 5.41) is 12.4. The number of rotatable bonds is 5. The molecule has 1 aromatic rings. The first-order valence-electron chi connectivity index (χ1n) is 6.74. The third kappa shape index (κ3) is 2.96. The zero-order valence-electron chi connectivity index (χ0n) is 11.5. The lowest BCUT2D eigenvalue weighted by Crippen LogP contribution is -2.50. The lowest BCUT2D eigenvalue weighted by atomic mass is 9.95. The highest BCUT2D eigenvalue weighted by Crippen LogP contribution is 2.27. The van der Waals surface area contributed by atoms with Crippen molar-refractivity contribution in [2.75, 3.05) is 13.2 Å². The van der Waals surface area contributed by atoms with Crippen LogP contribution in [0.4, 0.5) is 0 Å². The van der Waals surface area contributed by atoms with Gasteiger partial charge in [-0.2, -0.15) is 0 Å². The fourth-order valence-electron chi connectivity index (χ4n) is 2.32. The van der Waals surface area contributed by atoms with Crippen molar-refractivity contribution in [2.45, 2.75) is 38.3 Å². The highest BCUT2D eigenvalue weighted by atomic mass is 16.5. The number of ether oxygens (including phenoxy) is 1. The van der Waals surface area contributed by atoms with Crippen molar-refractivity contribution in [3.63, 3.8) is 0 Å². The number of carboxylic acids is 1. The summed E-state index contributed by atoms with van der Waals surface area (Å²) in [7, 11) is 0. The summed E-state index contributed by atoms with van der Waals surface area (Å²) in [6.07, 6.45) is 1.41. The Morgan fingerprint density at radius 3 is 2.95 bits per heavy atom. The number of fused-ring (bicyclic) bond motifs is 1. The molecule has 0 radical (unpaired) electrons. The average Bonchev–Trinajstić information content (AvgIpc) is 2.44. The van der Waals surface area contributed by atoms with E-state index in [1.807, 2.05) is 19.1 Å². The minimum absolute atomic E-state index is 0.0600. The van der Waals surface area contributed by atoms with Crippen LogP contribution in [-0.2, 0) is 16.0 Å². The molecule has 0 aromatic heterocycles. The molecule has 0 bridgehead atoms. The first kappa shape index (κ1) is 14.0. The molecule has 0 fully saturated rings. The Bertz CT molecular complexity index is 460. The molecule has 19 heavy (non-hydrogen) atoms. The van der Waals surface area contributed by atoms with Crippen LogP contribution in [0.5, 0.6) is 0 Å². The van der Waals surface area contributed by atoms with E-state index in [9.17, 15) is 9.90 Å². The Balaban J connectivity index is 2.07. The number of aliphatic carboxylic acids is 1. The van der Waals surface area contributed by atoms with Gasteiger partial charge in [-0.3, -0.25) is 10.1 Å². The Morgan fingerprint density at radius 1 is 1.53 bits per heavy atom. The molecule has 2 N–H and O–H groups in total. The van der Waals surface area contributed by atoms with Gasteiger partial charge in [-0.1, -0.05) is 31.2 Å². The van der Waals surface area contributed by atoms with Crippen LogP contribution in [0.3, 0.4) is 0 Å². The molecule has 104 valence electrons. The molecule has 1 aliphatic rings. The second-order valence-electron chi connectivity index (χ2n) is 5.18. The van der Waals surface area contributed by atoms with E-state index in [0.29, 0.717) is 19.6 Å². The van der Waals surface area contributed by atoms with E-state index in [0.717, 1.165) is 6.42 Å². The Hall–Kier alpha value is -1.39. The molecule has 0 spiro atoms. The maximum Gasteiger partial charge on any atom is 0.323 e. The largest absolute Gasteiger partial charge is 0.480 e. The second-order valence-corrected chi connectivity index (χ2v) is 5.18. The number of carbonyl (C=O) groups is 1. The minimum atomic E-state index is -0.893. The van der Waals surface area contributed by atoms with Gasteiger partial charge in [0.05, 0.1) is 12.7 Å². The predicted molar refractivity (Wildman–Crippen MR) is 73.2 cm³/mol. The Kier molecular flexibility index (Phi) is 4.22. The topological polar surface area (TPSA) is 58.6 Å². The lowest BCUT2D eigenvalue weighted by molar-refractivity contribution is -0.144. The standard InChI is InChI=1S/C15H21NO3/c1-3-15(2,14(17)18)16-10-13-12-7-5-4-6-11(12)8-9-19-13/h4-7,13,16H,3,8-10H2,1-2H3,(H,17,18). The summed E-state index contributed by atoms with van der Waals surface area (Å²) in [4.78, 5) is 11.3. The van der Waals surface area contributed by atoms with Gasteiger partial charge in [0.25, 0.3) is 0 Å². The molecule has 4 nitrogen and oxygen atoms in total. The smallest absolute Gasteiger partial charge is 0.323 e. The van der Waals surface area contributed by atoms with Crippen LogP contribution in [0.2, 0.25) is 0 Å². The molecule has 0 saturated carbocycles. The van der Waals surface area contributed by atoms with Gasteiger partial charge in [-0.25, -0.2) is 0 Å². The molecule has 1 aromatic carbocycles. The van der Waals surface area contributed by atoms with Crippen molar-refractivity contribution in [3.05, 3.63) is 35.4 Å². The number of hydrogen-bond acceptors (Lipinski definition) is 3. The normalized spacial score (nSPS) is 21.5. The van der Waals surface area contributed by atoms with Crippen molar-refractivity contribution < 1.29 is 14.6 Å². The molecular formula is C15H21NO3. The third-order valence-corrected chi connectivity index (χ3v) is 3.95. The predicted octanol–water partition coefficient (Wildman–Crippen LogP) is 2.14. The minimum Gasteiger partial charge on any atom is -0.480 e. The van der Waals surface area contributed by atoms with E-state index < -0.39 is 11.5 Å². The Labute approximate surface area is 113 Å². The second kappa shape index (κ2) is 5.72. The summed E-state index contributed by atoms with van der Waals surface area (Å²) in [6, 6.07) is 8.20. The zero-order valence-corrected chi connectivity index (χ0v) is 11.5. The first-order chi connectivity index (χ1) is 9.07. The van der Waals surface area contributed by atoms with Crippen LogP contribution in [-0.4, -0.2) is 29.8 Å². The van der Waals surface area contributed by atoms with Gasteiger partial charge in [0, 0.05) is 6.54 Å². The molecule has 0 saturated heterocycles. The number of hydrogen-bond donors (Lipinski definition) is 2. The van der Waals surface area contributed by atoms with Crippen molar-refractivity contribution in [2.24, 2.45) is 0 Å². The zero-order chi connectivity index (χ0) is 13.9. The van der Waals surface area contributed by atoms with Crippen LogP contribution in [0.1, 0.15) is 37.5 Å². The number of benzene rings is 1. The van der Waals surface area contributed by atoms with E-state index >= 15 is 0 Å². The molecule has 4 heteroatoms. The highest BCUT2D eigenvalue weighted by molar-refractivity contribution is 5.78. The van der Waals surface area contributed by atoms with Crippen LogP contribution in [0, 0.1) is 0 Å². The van der Waals surface area contributed by atoms with Crippen molar-refractivity contribution in [1.82, 2.24) is 5.32 Å². The van der Waals surface area contributed by atoms with Gasteiger partial charge in [0.2, 0.25) is 0 Å². The molecule has 0 amide bonds. The average molecular weight is 263 g/mol. The highest BCUT2D eigenvalue weighted by Gasteiger charge is 2.32. The third-order valence-electron chi connectivity index (χ3n) is 3.95. The van der Waals surface area contributed by atoms with E-state index in [-0.39, 0.29) is 6.10 Å². The Morgan fingerprint density at radius 2 is 2.26 bits per heavy atom. The van der Waals surface area contributed by atoms with E-state index in [4.69, 9.17) is 4.74 Å². The van der Waals surface area contributed by atoms with E-state index in [1.165, 1.54) is 11.1 Å². The van der Waals surface area contributed by atoms with Crippen molar-refractivity contribution in [3.8, 4) is 0 Å². The van der Waals surface area contributed by atoms with Gasteiger partial charge in [0.15, 0.2) is 0 Å². The van der Waals surface area contributed by atoms with Gasteiger partial charge >= 0.3 is 5.97 Å².